The fraction of sp³-hybridized carbons (Fsp3) is 0.476. The molecule has 148 valence electrons. The number of amides is 1. The van der Waals surface area contributed by atoms with Crippen molar-refractivity contribution in [3.63, 3.8) is 0 Å². The number of rotatable bonds is 3. The van der Waals surface area contributed by atoms with Crippen LogP contribution in [0.15, 0.2) is 35.1 Å². The quantitative estimate of drug-likeness (QED) is 0.874. The molecule has 1 amide bonds. The molecule has 0 unspecified atom stereocenters. The summed E-state index contributed by atoms with van der Waals surface area (Å²) in [5.74, 6) is 1.96. The van der Waals surface area contributed by atoms with E-state index in [1.807, 2.05) is 23.1 Å². The Balaban J connectivity index is 1.33. The number of likely N-dealkylation sites (tertiary alicyclic amines) is 1. The molecular weight excluding hydrogens is 356 g/mol. The molecule has 0 bridgehead atoms. The molecule has 1 aromatic carbocycles. The van der Waals surface area contributed by atoms with Gasteiger partial charge in [0, 0.05) is 43.7 Å². The topological polar surface area (TPSA) is 78.5 Å². The first-order valence-corrected chi connectivity index (χ1v) is 9.87. The molecule has 1 fully saturated rings. The minimum Gasteiger partial charge on any atom is -0.492 e. The second kappa shape index (κ2) is 8.14. The molecule has 28 heavy (non-hydrogen) atoms. The van der Waals surface area contributed by atoms with E-state index in [0.29, 0.717) is 32.1 Å². The van der Waals surface area contributed by atoms with E-state index in [9.17, 15) is 9.59 Å². The van der Waals surface area contributed by atoms with Gasteiger partial charge in [0.05, 0.1) is 12.2 Å². The number of para-hydroxylation sites is 1. The first-order valence-electron chi connectivity index (χ1n) is 9.87. The van der Waals surface area contributed by atoms with Crippen molar-refractivity contribution < 1.29 is 9.53 Å². The first-order chi connectivity index (χ1) is 13.6. The number of aryl methyl sites for hydroxylation is 1. The van der Waals surface area contributed by atoms with Crippen molar-refractivity contribution in [3.8, 4) is 5.75 Å². The highest BCUT2D eigenvalue weighted by molar-refractivity contribution is 5.78. The summed E-state index contributed by atoms with van der Waals surface area (Å²) in [4.78, 5) is 35.8. The SMILES string of the molecule is Cc1nc(C2CCN(C(=O)CN3CCOc4ccccc4C3)CC2)cc(=O)[nH]1. The van der Waals surface area contributed by atoms with Crippen LogP contribution in [0.4, 0.5) is 0 Å². The van der Waals surface area contributed by atoms with Gasteiger partial charge in [-0.2, -0.15) is 0 Å². The van der Waals surface area contributed by atoms with Crippen LogP contribution in [0.3, 0.4) is 0 Å². The van der Waals surface area contributed by atoms with Gasteiger partial charge in [-0.05, 0) is 25.8 Å². The summed E-state index contributed by atoms with van der Waals surface area (Å²) in [7, 11) is 0. The number of carbonyl (C=O) groups excluding carboxylic acids is 1. The van der Waals surface area contributed by atoms with Crippen molar-refractivity contribution in [2.45, 2.75) is 32.2 Å². The van der Waals surface area contributed by atoms with Crippen LogP contribution < -0.4 is 10.3 Å². The molecule has 1 N–H and O–H groups in total. The number of nitrogens with one attached hydrogen (secondary N) is 1. The number of carbonyl (C=O) groups is 1. The molecule has 0 saturated carbocycles. The highest BCUT2D eigenvalue weighted by Crippen LogP contribution is 2.26. The van der Waals surface area contributed by atoms with E-state index in [4.69, 9.17) is 4.74 Å². The van der Waals surface area contributed by atoms with Gasteiger partial charge in [0.2, 0.25) is 5.91 Å². The average molecular weight is 382 g/mol. The molecular formula is C21H26N4O3. The lowest BCUT2D eigenvalue weighted by molar-refractivity contribution is -0.133. The summed E-state index contributed by atoms with van der Waals surface area (Å²) in [5.41, 5.74) is 1.86. The van der Waals surface area contributed by atoms with Crippen molar-refractivity contribution in [1.82, 2.24) is 19.8 Å². The molecule has 1 aromatic heterocycles. The monoisotopic (exact) mass is 382 g/mol. The molecule has 2 aliphatic heterocycles. The zero-order valence-electron chi connectivity index (χ0n) is 16.2. The van der Waals surface area contributed by atoms with E-state index in [0.717, 1.165) is 42.9 Å². The summed E-state index contributed by atoms with van der Waals surface area (Å²) >= 11 is 0. The minimum atomic E-state index is -0.107. The van der Waals surface area contributed by atoms with Gasteiger partial charge in [-0.25, -0.2) is 4.98 Å². The minimum absolute atomic E-state index is 0.107. The van der Waals surface area contributed by atoms with Crippen molar-refractivity contribution in [2.24, 2.45) is 0 Å². The molecule has 0 spiro atoms. The van der Waals surface area contributed by atoms with Gasteiger partial charge in [-0.3, -0.25) is 14.5 Å². The number of aromatic nitrogens is 2. The summed E-state index contributed by atoms with van der Waals surface area (Å²) in [5, 5.41) is 0. The van der Waals surface area contributed by atoms with Crippen LogP contribution in [0.2, 0.25) is 0 Å². The predicted molar refractivity (Wildman–Crippen MR) is 105 cm³/mol. The molecule has 2 aliphatic rings. The van der Waals surface area contributed by atoms with Crippen LogP contribution in [0.5, 0.6) is 5.75 Å². The molecule has 4 rings (SSSR count). The predicted octanol–water partition coefficient (Wildman–Crippen LogP) is 1.68. The Labute approximate surface area is 164 Å². The van der Waals surface area contributed by atoms with Gasteiger partial charge in [0.1, 0.15) is 18.2 Å². The standard InChI is InChI=1S/C21H26N4O3/c1-15-22-18(12-20(26)23-15)16-6-8-25(9-7-16)21(27)14-24-10-11-28-19-5-3-2-4-17(19)13-24/h2-5,12,16H,6-11,13-14H2,1H3,(H,22,23,26). The maximum Gasteiger partial charge on any atom is 0.251 e. The number of fused-ring (bicyclic) bond motifs is 1. The molecule has 1 saturated heterocycles. The number of ether oxygens (including phenoxy) is 1. The number of nitrogens with zero attached hydrogens (tertiary/aromatic N) is 3. The molecule has 2 aromatic rings. The third kappa shape index (κ3) is 4.25. The van der Waals surface area contributed by atoms with Crippen LogP contribution in [-0.2, 0) is 11.3 Å². The first kappa shape index (κ1) is 18.7. The lowest BCUT2D eigenvalue weighted by atomic mass is 9.93. The van der Waals surface area contributed by atoms with E-state index in [2.05, 4.69) is 20.9 Å². The Morgan fingerprint density at radius 2 is 2.04 bits per heavy atom. The van der Waals surface area contributed by atoms with E-state index in [1.54, 1.807) is 13.0 Å². The van der Waals surface area contributed by atoms with E-state index >= 15 is 0 Å². The molecule has 0 radical (unpaired) electrons. The number of piperidine rings is 1. The van der Waals surface area contributed by atoms with Crippen LogP contribution in [0.1, 0.15) is 35.8 Å². The maximum atomic E-state index is 12.8. The van der Waals surface area contributed by atoms with Crippen molar-refractivity contribution >= 4 is 5.91 Å². The Hall–Kier alpha value is -2.67. The van der Waals surface area contributed by atoms with Gasteiger partial charge in [-0.1, -0.05) is 18.2 Å². The van der Waals surface area contributed by atoms with E-state index in [1.165, 1.54) is 0 Å². The highest BCUT2D eigenvalue weighted by Gasteiger charge is 2.26. The van der Waals surface area contributed by atoms with Gasteiger partial charge in [0.15, 0.2) is 0 Å². The third-order valence-electron chi connectivity index (χ3n) is 5.54. The zero-order valence-corrected chi connectivity index (χ0v) is 16.2. The Morgan fingerprint density at radius 3 is 2.82 bits per heavy atom. The van der Waals surface area contributed by atoms with Crippen LogP contribution in [0, 0.1) is 6.92 Å². The summed E-state index contributed by atoms with van der Waals surface area (Å²) in [6.07, 6.45) is 1.68. The van der Waals surface area contributed by atoms with Gasteiger partial charge >= 0.3 is 0 Å². The number of benzene rings is 1. The van der Waals surface area contributed by atoms with Crippen LogP contribution >= 0.6 is 0 Å². The largest absolute Gasteiger partial charge is 0.492 e. The van der Waals surface area contributed by atoms with Gasteiger partial charge in [-0.15, -0.1) is 0 Å². The molecule has 7 heteroatoms. The summed E-state index contributed by atoms with van der Waals surface area (Å²) < 4.78 is 5.79. The van der Waals surface area contributed by atoms with Crippen molar-refractivity contribution in [2.75, 3.05) is 32.8 Å². The number of hydrogen-bond acceptors (Lipinski definition) is 5. The molecule has 0 atom stereocenters. The fourth-order valence-corrected chi connectivity index (χ4v) is 4.04. The summed E-state index contributed by atoms with van der Waals surface area (Å²) in [6, 6.07) is 9.60. The Bertz CT molecular complexity index is 903. The van der Waals surface area contributed by atoms with Crippen molar-refractivity contribution in [1.29, 1.82) is 0 Å². The van der Waals surface area contributed by atoms with E-state index < -0.39 is 0 Å². The van der Waals surface area contributed by atoms with Gasteiger partial charge in [0.25, 0.3) is 5.56 Å². The van der Waals surface area contributed by atoms with Gasteiger partial charge < -0.3 is 14.6 Å². The van der Waals surface area contributed by atoms with Crippen molar-refractivity contribution in [3.05, 3.63) is 57.8 Å². The lowest BCUT2D eigenvalue weighted by Crippen LogP contribution is -2.44. The fourth-order valence-electron chi connectivity index (χ4n) is 4.04. The van der Waals surface area contributed by atoms with Crippen LogP contribution in [0.25, 0.3) is 0 Å². The number of hydrogen-bond donors (Lipinski definition) is 1. The normalized spacial score (nSPS) is 18.2. The molecule has 3 heterocycles. The second-order valence-electron chi connectivity index (χ2n) is 7.58. The third-order valence-corrected chi connectivity index (χ3v) is 5.54. The van der Waals surface area contributed by atoms with E-state index in [-0.39, 0.29) is 17.4 Å². The molecule has 0 aliphatic carbocycles. The molecule has 7 nitrogen and oxygen atoms in total. The number of aromatic amines is 1. The summed E-state index contributed by atoms with van der Waals surface area (Å²) in [6.45, 7) is 5.69. The van der Waals surface area contributed by atoms with Crippen LogP contribution in [-0.4, -0.2) is 58.5 Å². The zero-order chi connectivity index (χ0) is 19.5. The lowest BCUT2D eigenvalue weighted by Gasteiger charge is -2.33. The average Bonchev–Trinajstić information content (AvgIpc) is 2.89. The highest BCUT2D eigenvalue weighted by atomic mass is 16.5. The maximum absolute atomic E-state index is 12.8. The Morgan fingerprint density at radius 1 is 1.25 bits per heavy atom. The second-order valence-corrected chi connectivity index (χ2v) is 7.58. The number of H-pyrrole nitrogens is 1. The smallest absolute Gasteiger partial charge is 0.251 e. The Kier molecular flexibility index (Phi) is 5.43.